The lowest BCUT2D eigenvalue weighted by molar-refractivity contribution is 0.0917. The fraction of sp³-hybridized carbons (Fsp3) is 0.355. The van der Waals surface area contributed by atoms with Crippen LogP contribution in [0.4, 0.5) is 0 Å². The third kappa shape index (κ3) is 5.11. The van der Waals surface area contributed by atoms with Crippen molar-refractivity contribution >= 4 is 43.3 Å². The lowest BCUT2D eigenvalue weighted by atomic mass is 9.92. The fourth-order valence-electron chi connectivity index (χ4n) is 5.52. The number of nitrogen functional groups attached to an aromatic ring is 1. The number of nitrogens with zero attached hydrogens (tertiary/aromatic N) is 1. The molecule has 0 bridgehead atoms. The Morgan fingerprint density at radius 3 is 2.35 bits per heavy atom. The molecule has 0 atom stereocenters. The maximum absolute atomic E-state index is 13.6. The van der Waals surface area contributed by atoms with Crippen LogP contribution in [0.25, 0.3) is 21.7 Å². The number of carbonyl (C=O) groups excluding carboxylic acids is 1. The largest absolute Gasteiger partial charge is 0.384 e. The van der Waals surface area contributed by atoms with E-state index >= 15 is 0 Å². The van der Waals surface area contributed by atoms with Crippen molar-refractivity contribution in [1.82, 2.24) is 9.88 Å². The highest BCUT2D eigenvalue weighted by atomic mass is 32.2. The number of amidine groups is 1. The van der Waals surface area contributed by atoms with Crippen LogP contribution in [0, 0.1) is 5.41 Å². The quantitative estimate of drug-likeness (QED) is 0.200. The van der Waals surface area contributed by atoms with Crippen LogP contribution in [0.2, 0.25) is 0 Å². The third-order valence-corrected chi connectivity index (χ3v) is 10.5. The van der Waals surface area contributed by atoms with E-state index in [1.165, 1.54) is 0 Å². The maximum atomic E-state index is 13.6. The molecule has 1 amide bonds. The molecular weight excluding hydrogens is 522 g/mol. The number of hydrogen-bond acceptors (Lipinski definition) is 5. The molecule has 1 aliphatic rings. The predicted octanol–water partition coefficient (Wildman–Crippen LogP) is 4.70. The number of carbonyl (C=O) groups is 1. The highest BCUT2D eigenvalue weighted by Crippen LogP contribution is 2.33. The number of aromatic nitrogens is 1. The summed E-state index contributed by atoms with van der Waals surface area (Å²) in [6.07, 6.45) is 3.45. The van der Waals surface area contributed by atoms with Gasteiger partial charge >= 0.3 is 0 Å². The molecule has 8 nitrogen and oxygen atoms in total. The van der Waals surface area contributed by atoms with Crippen molar-refractivity contribution in [3.63, 3.8) is 0 Å². The van der Waals surface area contributed by atoms with Gasteiger partial charge in [-0.3, -0.25) is 10.2 Å². The third-order valence-electron chi connectivity index (χ3n) is 7.95. The summed E-state index contributed by atoms with van der Waals surface area (Å²) in [5.74, 6) is -0.223. The summed E-state index contributed by atoms with van der Waals surface area (Å²) in [7, 11) is -3.59. The van der Waals surface area contributed by atoms with Gasteiger partial charge in [-0.2, -0.15) is 0 Å². The van der Waals surface area contributed by atoms with Gasteiger partial charge in [0.2, 0.25) is 0 Å². The number of benzene rings is 3. The molecule has 3 aromatic carbocycles. The second kappa shape index (κ2) is 10.4. The highest BCUT2D eigenvalue weighted by molar-refractivity contribution is 7.93. The van der Waals surface area contributed by atoms with Gasteiger partial charge in [-0.15, -0.1) is 0 Å². The van der Waals surface area contributed by atoms with Crippen molar-refractivity contribution in [2.45, 2.75) is 74.7 Å². The summed E-state index contributed by atoms with van der Waals surface area (Å²) in [6.45, 7) is 5.44. The number of nitrogens with two attached hydrogens (primary N) is 2. The Balaban J connectivity index is 1.62. The number of rotatable bonds is 6. The first kappa shape index (κ1) is 27.9. The number of hydrogen-bond donors (Lipinski definition) is 4. The van der Waals surface area contributed by atoms with Crippen molar-refractivity contribution in [2.24, 2.45) is 11.5 Å². The van der Waals surface area contributed by atoms with E-state index in [2.05, 4.69) is 5.32 Å². The summed E-state index contributed by atoms with van der Waals surface area (Å²) in [4.78, 5) is 13.9. The Bertz CT molecular complexity index is 1730. The second-order valence-corrected chi connectivity index (χ2v) is 14.4. The molecule has 0 saturated heterocycles. The molecule has 0 unspecified atom stereocenters. The average molecular weight is 560 g/mol. The van der Waals surface area contributed by atoms with Crippen molar-refractivity contribution in [3.05, 3.63) is 77.5 Å². The molecule has 4 aromatic rings. The molecule has 6 N–H and O–H groups in total. The van der Waals surface area contributed by atoms with E-state index < -0.39 is 14.6 Å². The smallest absolute Gasteiger partial charge is 0.268 e. The van der Waals surface area contributed by atoms with E-state index in [4.69, 9.17) is 16.9 Å². The molecule has 1 heterocycles. The van der Waals surface area contributed by atoms with E-state index in [1.54, 1.807) is 39.0 Å². The van der Waals surface area contributed by atoms with Gasteiger partial charge in [0.15, 0.2) is 9.84 Å². The lowest BCUT2D eigenvalue weighted by Crippen LogP contribution is -2.41. The van der Waals surface area contributed by atoms with E-state index in [0.717, 1.165) is 47.5 Å². The SMILES string of the molecule is CC(C)(C)S(=O)(=O)c1cccc2c(Cn3c(C(=O)N[C@H]4CC[C@H](N)CC4)cc4ccc(C(=N)N)cc43)cccc12. The van der Waals surface area contributed by atoms with Crippen molar-refractivity contribution in [1.29, 1.82) is 5.41 Å². The predicted molar refractivity (Wildman–Crippen MR) is 161 cm³/mol. The summed E-state index contributed by atoms with van der Waals surface area (Å²) >= 11 is 0. The zero-order valence-corrected chi connectivity index (χ0v) is 24.0. The molecule has 210 valence electrons. The zero-order chi connectivity index (χ0) is 28.8. The first-order valence-electron chi connectivity index (χ1n) is 13.7. The van der Waals surface area contributed by atoms with Gasteiger partial charge < -0.3 is 21.4 Å². The van der Waals surface area contributed by atoms with E-state index in [-0.39, 0.29) is 23.8 Å². The Morgan fingerprint density at radius 2 is 1.68 bits per heavy atom. The molecule has 1 aromatic heterocycles. The molecule has 9 heteroatoms. The van der Waals surface area contributed by atoms with Crippen LogP contribution in [-0.4, -0.2) is 41.6 Å². The summed E-state index contributed by atoms with van der Waals surface area (Å²) in [5, 5.41) is 13.5. The van der Waals surface area contributed by atoms with Crippen LogP contribution in [0.5, 0.6) is 0 Å². The summed E-state index contributed by atoms with van der Waals surface area (Å²) < 4.78 is 27.8. The normalized spacial score (nSPS) is 18.2. The molecule has 0 spiro atoms. The molecule has 0 radical (unpaired) electrons. The number of sulfone groups is 1. The minimum atomic E-state index is -3.59. The van der Waals surface area contributed by atoms with E-state index in [1.807, 2.05) is 47.0 Å². The molecule has 0 aliphatic heterocycles. The molecular formula is C31H37N5O3S. The van der Waals surface area contributed by atoms with Gasteiger partial charge in [-0.1, -0.05) is 42.5 Å². The first-order valence-corrected chi connectivity index (χ1v) is 15.1. The van der Waals surface area contributed by atoms with Crippen molar-refractivity contribution in [3.8, 4) is 0 Å². The van der Waals surface area contributed by atoms with Crippen LogP contribution < -0.4 is 16.8 Å². The number of nitrogens with one attached hydrogen (secondary N) is 2. The van der Waals surface area contributed by atoms with Gasteiger partial charge in [0.1, 0.15) is 11.5 Å². The molecule has 40 heavy (non-hydrogen) atoms. The van der Waals surface area contributed by atoms with Crippen molar-refractivity contribution < 1.29 is 13.2 Å². The van der Waals surface area contributed by atoms with Crippen LogP contribution in [0.1, 0.15) is 68.1 Å². The zero-order valence-electron chi connectivity index (χ0n) is 23.2. The van der Waals surface area contributed by atoms with E-state index in [0.29, 0.717) is 28.1 Å². The molecule has 1 saturated carbocycles. The Labute approximate surface area is 235 Å². The lowest BCUT2D eigenvalue weighted by Gasteiger charge is -2.27. The Morgan fingerprint density at radius 1 is 1.00 bits per heavy atom. The summed E-state index contributed by atoms with van der Waals surface area (Å²) in [5.41, 5.74) is 14.6. The fourth-order valence-corrected chi connectivity index (χ4v) is 6.91. The molecule has 1 aliphatic carbocycles. The van der Waals surface area contributed by atoms with Gasteiger partial charge in [-0.05, 0) is 75.6 Å². The topological polar surface area (TPSA) is 144 Å². The van der Waals surface area contributed by atoms with Crippen LogP contribution in [0.3, 0.4) is 0 Å². The Hall–Kier alpha value is -3.69. The average Bonchev–Trinajstić information content (AvgIpc) is 3.27. The highest BCUT2D eigenvalue weighted by Gasteiger charge is 2.32. The Kier molecular flexibility index (Phi) is 7.22. The molecule has 1 fully saturated rings. The van der Waals surface area contributed by atoms with Gasteiger partial charge in [0, 0.05) is 40.5 Å². The first-order chi connectivity index (χ1) is 18.9. The van der Waals surface area contributed by atoms with Crippen molar-refractivity contribution in [2.75, 3.05) is 0 Å². The monoisotopic (exact) mass is 559 g/mol. The maximum Gasteiger partial charge on any atom is 0.268 e. The van der Waals surface area contributed by atoms with Gasteiger partial charge in [0.05, 0.1) is 9.64 Å². The minimum Gasteiger partial charge on any atom is -0.384 e. The van der Waals surface area contributed by atoms with Crippen LogP contribution in [-0.2, 0) is 16.4 Å². The molecule has 5 rings (SSSR count). The summed E-state index contributed by atoms with van der Waals surface area (Å²) in [6, 6.07) is 18.6. The number of fused-ring (bicyclic) bond motifs is 2. The minimum absolute atomic E-state index is 0.0543. The van der Waals surface area contributed by atoms with Gasteiger partial charge in [-0.25, -0.2) is 8.42 Å². The van der Waals surface area contributed by atoms with Gasteiger partial charge in [0.25, 0.3) is 5.91 Å². The van der Waals surface area contributed by atoms with Crippen LogP contribution in [0.15, 0.2) is 65.6 Å². The second-order valence-electron chi connectivity index (χ2n) is 11.8. The number of amides is 1. The van der Waals surface area contributed by atoms with E-state index in [9.17, 15) is 13.2 Å². The standard InChI is InChI=1S/C31H37N5O3S/c1-31(2,3)40(38,39)28-9-5-7-24-21(6-4-8-25(24)28)18-36-26-17-20(29(33)34)11-10-19(26)16-27(36)30(37)35-23-14-12-22(32)13-15-23/h4-11,16-17,22-23H,12-15,18,32H2,1-3H3,(H3,33,34)(H,35,37)/t22-,23-. The van der Waals surface area contributed by atoms with Crippen LogP contribution >= 0.6 is 0 Å².